The average molecular weight is 400 g/mol. The summed E-state index contributed by atoms with van der Waals surface area (Å²) in [6, 6.07) is 15.2. The van der Waals surface area contributed by atoms with Gasteiger partial charge in [0.1, 0.15) is 0 Å². The van der Waals surface area contributed by atoms with Crippen LogP contribution in [0, 0.1) is 5.41 Å². The second-order valence-corrected chi connectivity index (χ2v) is 8.69. The number of nitrogens with one attached hydrogen (secondary N) is 2. The van der Waals surface area contributed by atoms with E-state index in [2.05, 4.69) is 20.7 Å². The summed E-state index contributed by atoms with van der Waals surface area (Å²) in [6.07, 6.45) is 4.00. The van der Waals surface area contributed by atoms with Crippen molar-refractivity contribution in [2.75, 3.05) is 0 Å². The summed E-state index contributed by atoms with van der Waals surface area (Å²) in [5.41, 5.74) is 2.08. The van der Waals surface area contributed by atoms with Gasteiger partial charge in [0.15, 0.2) is 11.3 Å². The molecule has 1 spiro atoms. The highest BCUT2D eigenvalue weighted by molar-refractivity contribution is 6.04. The number of aromatic amines is 1. The summed E-state index contributed by atoms with van der Waals surface area (Å²) in [7, 11) is 0. The molecule has 2 N–H and O–H groups in total. The molecule has 2 aromatic heterocycles. The first kappa shape index (κ1) is 17.4. The first-order valence-electron chi connectivity index (χ1n) is 10.2. The Bertz CT molecular complexity index is 1340. The molecule has 2 fully saturated rings. The topological polar surface area (TPSA) is 101 Å². The Morgan fingerprint density at radius 3 is 2.50 bits per heavy atom. The highest BCUT2D eigenvalue weighted by atomic mass is 16.5. The second kappa shape index (κ2) is 6.26. The molecule has 0 atom stereocenters. The minimum atomic E-state index is -0.177. The number of H-pyrrole nitrogens is 1. The highest BCUT2D eigenvalue weighted by Gasteiger charge is 2.54. The molecule has 0 aliphatic heterocycles. The van der Waals surface area contributed by atoms with Crippen molar-refractivity contribution in [3.05, 3.63) is 70.3 Å². The Balaban J connectivity index is 1.12. The maximum Gasteiger partial charge on any atom is 0.274 e. The molecule has 0 radical (unpaired) electrons. The van der Waals surface area contributed by atoms with E-state index in [1.807, 2.05) is 42.5 Å². The number of fused-ring (bicyclic) bond motifs is 2. The molecule has 0 unspecified atom stereocenters. The van der Waals surface area contributed by atoms with Gasteiger partial charge in [-0.2, -0.15) is 5.10 Å². The molecular weight excluding hydrogens is 380 g/mol. The molecule has 0 bridgehead atoms. The van der Waals surface area contributed by atoms with Crippen molar-refractivity contribution in [1.29, 1.82) is 0 Å². The van der Waals surface area contributed by atoms with Gasteiger partial charge in [-0.3, -0.25) is 9.59 Å². The molecule has 7 heteroatoms. The van der Waals surface area contributed by atoms with Gasteiger partial charge in [-0.15, -0.1) is 0 Å². The predicted octanol–water partition coefficient (Wildman–Crippen LogP) is 3.52. The Labute approximate surface area is 171 Å². The zero-order valence-electron chi connectivity index (χ0n) is 16.2. The van der Waals surface area contributed by atoms with E-state index >= 15 is 0 Å². The van der Waals surface area contributed by atoms with Crippen LogP contribution in [0.15, 0.2) is 57.8 Å². The summed E-state index contributed by atoms with van der Waals surface area (Å²) < 4.78 is 5.24. The number of rotatable bonds is 3. The van der Waals surface area contributed by atoms with Crippen LogP contribution >= 0.6 is 0 Å². The van der Waals surface area contributed by atoms with E-state index in [4.69, 9.17) is 4.52 Å². The smallest absolute Gasteiger partial charge is 0.274 e. The third kappa shape index (κ3) is 2.58. The number of nitrogens with zero attached hydrogens (tertiary/aromatic N) is 2. The number of aromatic nitrogens is 3. The number of amides is 1. The monoisotopic (exact) mass is 400 g/mol. The first-order valence-corrected chi connectivity index (χ1v) is 10.2. The predicted molar refractivity (Wildman–Crippen MR) is 111 cm³/mol. The molecular formula is C23H20N4O3. The third-order valence-electron chi connectivity index (χ3n) is 6.76. The lowest BCUT2D eigenvalue weighted by atomic mass is 9.49. The van der Waals surface area contributed by atoms with Gasteiger partial charge in [0.05, 0.1) is 16.5 Å². The van der Waals surface area contributed by atoms with Crippen molar-refractivity contribution >= 4 is 27.6 Å². The normalized spacial score (nSPS) is 25.2. The van der Waals surface area contributed by atoms with Gasteiger partial charge in [0.25, 0.3) is 11.5 Å². The number of carbonyl (C=O) groups is 1. The lowest BCUT2D eigenvalue weighted by Crippen LogP contribution is -2.55. The largest absolute Gasteiger partial charge is 0.355 e. The van der Waals surface area contributed by atoms with Crippen LogP contribution in [0.4, 0.5) is 0 Å². The summed E-state index contributed by atoms with van der Waals surface area (Å²) in [6.45, 7) is 0. The molecule has 2 heterocycles. The van der Waals surface area contributed by atoms with Gasteiger partial charge < -0.3 is 9.84 Å². The molecule has 7 nitrogen and oxygen atoms in total. The highest BCUT2D eigenvalue weighted by Crippen LogP contribution is 2.62. The van der Waals surface area contributed by atoms with Crippen LogP contribution in [0.1, 0.15) is 47.8 Å². The molecule has 2 aliphatic rings. The van der Waals surface area contributed by atoms with E-state index < -0.39 is 0 Å². The van der Waals surface area contributed by atoms with Gasteiger partial charge >= 0.3 is 0 Å². The van der Waals surface area contributed by atoms with Crippen LogP contribution in [0.3, 0.4) is 0 Å². The van der Waals surface area contributed by atoms with E-state index in [1.54, 1.807) is 6.07 Å². The summed E-state index contributed by atoms with van der Waals surface area (Å²) in [5, 5.41) is 16.4. The molecule has 2 aromatic carbocycles. The number of carbonyl (C=O) groups excluding carboxylic acids is 1. The Morgan fingerprint density at radius 2 is 1.70 bits per heavy atom. The molecule has 2 aliphatic carbocycles. The van der Waals surface area contributed by atoms with Gasteiger partial charge in [0.2, 0.25) is 0 Å². The van der Waals surface area contributed by atoms with E-state index in [0.717, 1.165) is 42.1 Å². The Morgan fingerprint density at radius 1 is 1.00 bits per heavy atom. The molecule has 2 saturated carbocycles. The fourth-order valence-corrected chi connectivity index (χ4v) is 5.35. The minimum Gasteiger partial charge on any atom is -0.355 e. The van der Waals surface area contributed by atoms with Crippen LogP contribution in [-0.4, -0.2) is 27.3 Å². The van der Waals surface area contributed by atoms with Crippen LogP contribution in [0.25, 0.3) is 21.7 Å². The van der Waals surface area contributed by atoms with Crippen molar-refractivity contribution in [3.8, 4) is 0 Å². The molecule has 4 aromatic rings. The van der Waals surface area contributed by atoms with E-state index in [9.17, 15) is 9.59 Å². The lowest BCUT2D eigenvalue weighted by molar-refractivity contribution is -0.0197. The molecule has 150 valence electrons. The van der Waals surface area contributed by atoms with E-state index in [-0.39, 0.29) is 22.9 Å². The Kier molecular flexibility index (Phi) is 3.63. The fraction of sp³-hybridized carbons (Fsp3) is 0.304. The summed E-state index contributed by atoms with van der Waals surface area (Å²) in [5.74, 6) is 0.173. The fourth-order valence-electron chi connectivity index (χ4n) is 5.35. The number of para-hydroxylation sites is 1. The van der Waals surface area contributed by atoms with Gasteiger partial charge in [-0.1, -0.05) is 35.5 Å². The van der Waals surface area contributed by atoms with Gasteiger partial charge in [-0.05, 0) is 49.3 Å². The SMILES string of the molecule is O=C(NC1CC2(C1)CC(c1n[nH]c(=O)c3ccccc13)C2)c1noc2ccccc12. The molecule has 30 heavy (non-hydrogen) atoms. The van der Waals surface area contributed by atoms with Gasteiger partial charge in [0, 0.05) is 17.3 Å². The standard InChI is InChI=1S/C23H20N4O3/c28-21-16-6-2-1-5-15(16)19(25-26-21)13-9-23(10-13)11-14(12-23)24-22(29)20-17-7-3-4-8-18(17)30-27-20/h1-8,13-14H,9-12H2,(H,24,29)(H,26,28). The molecule has 0 saturated heterocycles. The van der Waals surface area contributed by atoms with Crippen molar-refractivity contribution < 1.29 is 9.32 Å². The van der Waals surface area contributed by atoms with Crippen LogP contribution in [0.5, 0.6) is 0 Å². The van der Waals surface area contributed by atoms with Crippen LogP contribution < -0.4 is 10.9 Å². The minimum absolute atomic E-state index is 0.143. The first-order chi connectivity index (χ1) is 14.6. The molecule has 6 rings (SSSR count). The Hall–Kier alpha value is -3.48. The second-order valence-electron chi connectivity index (χ2n) is 8.69. The third-order valence-corrected chi connectivity index (χ3v) is 6.76. The zero-order chi connectivity index (χ0) is 20.3. The molecule has 1 amide bonds. The van der Waals surface area contributed by atoms with Crippen LogP contribution in [-0.2, 0) is 0 Å². The van der Waals surface area contributed by atoms with Crippen molar-refractivity contribution in [2.45, 2.75) is 37.6 Å². The summed E-state index contributed by atoms with van der Waals surface area (Å²) >= 11 is 0. The van der Waals surface area contributed by atoms with Crippen LogP contribution in [0.2, 0.25) is 0 Å². The lowest BCUT2D eigenvalue weighted by Gasteiger charge is -2.57. The van der Waals surface area contributed by atoms with E-state index in [1.165, 1.54) is 0 Å². The maximum atomic E-state index is 12.6. The summed E-state index contributed by atoms with van der Waals surface area (Å²) in [4.78, 5) is 24.6. The van der Waals surface area contributed by atoms with Crippen molar-refractivity contribution in [1.82, 2.24) is 20.7 Å². The number of hydrogen-bond donors (Lipinski definition) is 2. The quantitative estimate of drug-likeness (QED) is 0.548. The van der Waals surface area contributed by atoms with Crippen molar-refractivity contribution in [2.24, 2.45) is 5.41 Å². The van der Waals surface area contributed by atoms with Gasteiger partial charge in [-0.25, -0.2) is 5.10 Å². The van der Waals surface area contributed by atoms with E-state index in [0.29, 0.717) is 22.6 Å². The zero-order valence-corrected chi connectivity index (χ0v) is 16.2. The number of benzene rings is 2. The number of hydrogen-bond acceptors (Lipinski definition) is 5. The van der Waals surface area contributed by atoms with Crippen molar-refractivity contribution in [3.63, 3.8) is 0 Å². The average Bonchev–Trinajstić information content (AvgIpc) is 3.14. The maximum absolute atomic E-state index is 12.6.